The van der Waals surface area contributed by atoms with Gasteiger partial charge in [0.1, 0.15) is 11.6 Å². The summed E-state index contributed by atoms with van der Waals surface area (Å²) in [5.41, 5.74) is -1.96. The maximum Gasteiger partial charge on any atom is 0.145 e. The molecule has 0 heterocycles. The molecule has 2 bridgehead atoms. The van der Waals surface area contributed by atoms with Crippen LogP contribution in [-0.4, -0.2) is 22.3 Å². The molecular weight excluding hydrogens is 216 g/mol. The Morgan fingerprint density at radius 1 is 1.00 bits per heavy atom. The minimum Gasteiger partial charge on any atom is -0.390 e. The van der Waals surface area contributed by atoms with Crippen molar-refractivity contribution in [1.29, 1.82) is 0 Å². The molecule has 96 valence electrons. The van der Waals surface area contributed by atoms with Crippen LogP contribution in [0.1, 0.15) is 59.3 Å². The molecule has 2 aliphatic rings. The highest BCUT2D eigenvalue weighted by Crippen LogP contribution is 2.50. The standard InChI is InChI=1S/C14H22O3/c1-12-5-4-6-13(2,11(12)16)9-14(3,17)8-10(15)7-12/h17H,4-9H2,1-3H3/t12-,13+,14-/m1/s1. The van der Waals surface area contributed by atoms with E-state index in [1.807, 2.05) is 13.8 Å². The summed E-state index contributed by atoms with van der Waals surface area (Å²) in [7, 11) is 0. The molecule has 0 aromatic carbocycles. The monoisotopic (exact) mass is 238 g/mol. The van der Waals surface area contributed by atoms with Crippen molar-refractivity contribution < 1.29 is 14.7 Å². The van der Waals surface area contributed by atoms with Gasteiger partial charge >= 0.3 is 0 Å². The van der Waals surface area contributed by atoms with Crippen molar-refractivity contribution in [3.63, 3.8) is 0 Å². The van der Waals surface area contributed by atoms with Gasteiger partial charge in [0.2, 0.25) is 0 Å². The molecule has 0 aromatic rings. The Kier molecular flexibility index (Phi) is 2.73. The first-order chi connectivity index (χ1) is 7.67. The van der Waals surface area contributed by atoms with Crippen molar-refractivity contribution in [3.05, 3.63) is 0 Å². The van der Waals surface area contributed by atoms with Gasteiger partial charge < -0.3 is 5.11 Å². The van der Waals surface area contributed by atoms with Crippen molar-refractivity contribution in [2.24, 2.45) is 10.8 Å². The smallest absolute Gasteiger partial charge is 0.145 e. The van der Waals surface area contributed by atoms with Gasteiger partial charge in [-0.15, -0.1) is 0 Å². The van der Waals surface area contributed by atoms with Crippen molar-refractivity contribution in [2.45, 2.75) is 64.9 Å². The van der Waals surface area contributed by atoms with Crippen LogP contribution < -0.4 is 0 Å². The molecule has 0 aliphatic heterocycles. The van der Waals surface area contributed by atoms with Gasteiger partial charge in [0, 0.05) is 23.7 Å². The molecule has 0 saturated heterocycles. The molecule has 3 atom stereocenters. The highest BCUT2D eigenvalue weighted by Gasteiger charge is 2.53. The average Bonchev–Trinajstić information content (AvgIpc) is 2.10. The largest absolute Gasteiger partial charge is 0.390 e. The van der Waals surface area contributed by atoms with Crippen LogP contribution in [0.3, 0.4) is 0 Å². The zero-order valence-electron chi connectivity index (χ0n) is 11.0. The van der Waals surface area contributed by atoms with Gasteiger partial charge in [-0.05, 0) is 26.2 Å². The molecular formula is C14H22O3. The molecule has 0 spiro atoms. The summed E-state index contributed by atoms with van der Waals surface area (Å²) < 4.78 is 0. The summed E-state index contributed by atoms with van der Waals surface area (Å²) in [4.78, 5) is 24.5. The van der Waals surface area contributed by atoms with Gasteiger partial charge in [0.05, 0.1) is 5.60 Å². The third kappa shape index (κ3) is 2.17. The van der Waals surface area contributed by atoms with E-state index in [4.69, 9.17) is 0 Å². The number of Topliss-reactive ketones (excluding diaryl/α,β-unsaturated/α-hetero) is 2. The lowest BCUT2D eigenvalue weighted by Crippen LogP contribution is -2.51. The Morgan fingerprint density at radius 2 is 1.59 bits per heavy atom. The van der Waals surface area contributed by atoms with Crippen molar-refractivity contribution in [3.8, 4) is 0 Å². The van der Waals surface area contributed by atoms with E-state index < -0.39 is 16.4 Å². The number of carbonyl (C=O) groups excluding carboxylic acids is 2. The number of fused-ring (bicyclic) bond motifs is 2. The lowest BCUT2D eigenvalue weighted by Gasteiger charge is -2.47. The van der Waals surface area contributed by atoms with Crippen LogP contribution in [0.4, 0.5) is 0 Å². The van der Waals surface area contributed by atoms with E-state index in [-0.39, 0.29) is 18.0 Å². The predicted molar refractivity (Wildman–Crippen MR) is 64.6 cm³/mol. The third-order valence-electron chi connectivity index (χ3n) is 4.49. The number of aliphatic hydroxyl groups is 1. The first-order valence-corrected chi connectivity index (χ1v) is 6.46. The first-order valence-electron chi connectivity index (χ1n) is 6.46. The van der Waals surface area contributed by atoms with Gasteiger partial charge in [-0.2, -0.15) is 0 Å². The molecule has 3 nitrogen and oxygen atoms in total. The Balaban J connectivity index is 2.41. The molecule has 0 aromatic heterocycles. The maximum atomic E-state index is 12.6. The molecule has 2 fully saturated rings. The molecule has 2 aliphatic carbocycles. The molecule has 2 saturated carbocycles. The van der Waals surface area contributed by atoms with Gasteiger partial charge in [-0.25, -0.2) is 0 Å². The maximum absolute atomic E-state index is 12.6. The highest BCUT2D eigenvalue weighted by molar-refractivity contribution is 5.95. The van der Waals surface area contributed by atoms with Crippen molar-refractivity contribution >= 4 is 11.6 Å². The van der Waals surface area contributed by atoms with Crippen LogP contribution in [0.2, 0.25) is 0 Å². The van der Waals surface area contributed by atoms with Crippen LogP contribution >= 0.6 is 0 Å². The van der Waals surface area contributed by atoms with E-state index >= 15 is 0 Å². The quantitative estimate of drug-likeness (QED) is 0.704. The molecule has 2 rings (SSSR count). The van der Waals surface area contributed by atoms with E-state index in [1.165, 1.54) is 0 Å². The summed E-state index contributed by atoms with van der Waals surface area (Å²) in [6, 6.07) is 0. The molecule has 3 heteroatoms. The van der Waals surface area contributed by atoms with Crippen molar-refractivity contribution in [2.75, 3.05) is 0 Å². The normalized spacial score (nSPS) is 47.5. The summed E-state index contributed by atoms with van der Waals surface area (Å²) >= 11 is 0. The summed E-state index contributed by atoms with van der Waals surface area (Å²) in [5, 5.41) is 10.3. The van der Waals surface area contributed by atoms with E-state index in [0.717, 1.165) is 19.3 Å². The molecule has 1 N–H and O–H groups in total. The minimum atomic E-state index is -1.03. The Hall–Kier alpha value is -0.700. The lowest BCUT2D eigenvalue weighted by atomic mass is 9.56. The molecule has 0 radical (unpaired) electrons. The Bertz CT molecular complexity index is 372. The number of rotatable bonds is 0. The van der Waals surface area contributed by atoms with Gasteiger partial charge in [0.25, 0.3) is 0 Å². The van der Waals surface area contributed by atoms with E-state index in [9.17, 15) is 14.7 Å². The second kappa shape index (κ2) is 3.64. The van der Waals surface area contributed by atoms with Gasteiger partial charge in [-0.3, -0.25) is 9.59 Å². The second-order valence-corrected chi connectivity index (χ2v) is 6.87. The minimum absolute atomic E-state index is 0.0230. The fourth-order valence-electron chi connectivity index (χ4n) is 3.99. The van der Waals surface area contributed by atoms with E-state index in [2.05, 4.69) is 0 Å². The van der Waals surface area contributed by atoms with Gasteiger partial charge in [0.15, 0.2) is 0 Å². The van der Waals surface area contributed by atoms with E-state index in [1.54, 1.807) is 6.92 Å². The summed E-state index contributed by atoms with van der Waals surface area (Å²) in [6.07, 6.45) is 3.53. The second-order valence-electron chi connectivity index (χ2n) is 6.87. The van der Waals surface area contributed by atoms with Crippen molar-refractivity contribution in [1.82, 2.24) is 0 Å². The van der Waals surface area contributed by atoms with Gasteiger partial charge in [-0.1, -0.05) is 20.3 Å². The lowest BCUT2D eigenvalue weighted by molar-refractivity contribution is -0.154. The van der Waals surface area contributed by atoms with E-state index in [0.29, 0.717) is 12.8 Å². The molecule has 17 heavy (non-hydrogen) atoms. The number of carbonyl (C=O) groups is 2. The Morgan fingerprint density at radius 3 is 2.24 bits per heavy atom. The van der Waals surface area contributed by atoms with Crippen LogP contribution in [0.15, 0.2) is 0 Å². The van der Waals surface area contributed by atoms with Crippen LogP contribution in [-0.2, 0) is 9.59 Å². The average molecular weight is 238 g/mol. The summed E-state index contributed by atoms with van der Waals surface area (Å²) in [5.74, 6) is 0.208. The number of hydrogen-bond acceptors (Lipinski definition) is 3. The fourth-order valence-corrected chi connectivity index (χ4v) is 3.99. The predicted octanol–water partition coefficient (Wildman–Crippen LogP) is 2.26. The fraction of sp³-hybridized carbons (Fsp3) is 0.857. The topological polar surface area (TPSA) is 54.4 Å². The highest BCUT2D eigenvalue weighted by atomic mass is 16.3. The Labute approximate surface area is 103 Å². The SMILES string of the molecule is C[C@@]1(O)CC(=O)C[C@@]2(C)CCC[C@@](C)(C1)C2=O. The van der Waals surface area contributed by atoms with Crippen LogP contribution in [0.25, 0.3) is 0 Å². The van der Waals surface area contributed by atoms with Crippen LogP contribution in [0.5, 0.6) is 0 Å². The zero-order valence-corrected chi connectivity index (χ0v) is 11.0. The first kappa shape index (κ1) is 12.7. The third-order valence-corrected chi connectivity index (χ3v) is 4.49. The molecule has 0 amide bonds. The number of ketones is 2. The van der Waals surface area contributed by atoms with Crippen LogP contribution in [0, 0.1) is 10.8 Å². The molecule has 0 unspecified atom stereocenters. The summed E-state index contributed by atoms with van der Waals surface area (Å²) in [6.45, 7) is 5.56. The number of hydrogen-bond donors (Lipinski definition) is 1. The zero-order chi connectivity index (χ0) is 12.9.